The molecule has 0 unspecified atom stereocenters. The monoisotopic (exact) mass is 275 g/mol. The predicted molar refractivity (Wildman–Crippen MR) is 53.5 cm³/mol. The van der Waals surface area contributed by atoms with Crippen LogP contribution in [0.2, 0.25) is 0 Å². The van der Waals surface area contributed by atoms with Crippen molar-refractivity contribution in [2.45, 2.75) is 0 Å². The molecule has 12 heavy (non-hydrogen) atoms. The number of aliphatic hydroxyl groups excluding tert-OH is 1. The average Bonchev–Trinajstić information content (AvgIpc) is 2.44. The number of hydrogen-bond acceptors (Lipinski definition) is 1. The Morgan fingerprint density at radius 3 is 1.00 bits per heavy atom. The third kappa shape index (κ3) is 30.5. The molecule has 1 nitrogen and oxygen atoms in total. The van der Waals surface area contributed by atoms with E-state index in [1.807, 2.05) is 32.1 Å². The van der Waals surface area contributed by atoms with Gasteiger partial charge in [0.05, 0.1) is 0 Å². The van der Waals surface area contributed by atoms with Crippen molar-refractivity contribution in [1.82, 2.24) is 0 Å². The van der Waals surface area contributed by atoms with E-state index in [2.05, 4.69) is 27.1 Å². The second-order valence-electron chi connectivity index (χ2n) is 2.30. The van der Waals surface area contributed by atoms with Gasteiger partial charge in [0.15, 0.2) is 0 Å². The van der Waals surface area contributed by atoms with Crippen LogP contribution in [0.4, 0.5) is 0 Å². The molecule has 1 fully saturated rings. The summed E-state index contributed by atoms with van der Waals surface area (Å²) in [5.74, 6) is 0. The Balaban J connectivity index is -0.000000107. The fourth-order valence-corrected chi connectivity index (χ4v) is 0.321. The van der Waals surface area contributed by atoms with Crippen LogP contribution in [0.25, 0.3) is 0 Å². The zero-order chi connectivity index (χ0) is 9.11. The molecule has 1 rings (SSSR count). The molecule has 3 heteroatoms. The molecule has 0 aliphatic heterocycles. The second kappa shape index (κ2) is 17.9. The summed E-state index contributed by atoms with van der Waals surface area (Å²) in [6, 6.07) is 0. The molecule has 0 spiro atoms. The van der Waals surface area contributed by atoms with E-state index in [4.69, 9.17) is 5.11 Å². The quantitative estimate of drug-likeness (QED) is 0.409. The minimum absolute atomic E-state index is 0. The van der Waals surface area contributed by atoms with Gasteiger partial charge in [-0.3, -0.25) is 0 Å². The van der Waals surface area contributed by atoms with Gasteiger partial charge in [-0.2, -0.15) is 0 Å². The molecule has 72 valence electrons. The maximum absolute atomic E-state index is 6.75. The van der Waals surface area contributed by atoms with Crippen LogP contribution >= 0.6 is 7.92 Å². The summed E-state index contributed by atoms with van der Waals surface area (Å²) in [5.41, 5.74) is 0. The van der Waals surface area contributed by atoms with Crippen LogP contribution in [0.1, 0.15) is 0 Å². The zero-order valence-corrected chi connectivity index (χ0v) is 10.4. The molecule has 1 aliphatic carbocycles. The molecule has 6 radical (unpaired) electrons. The van der Waals surface area contributed by atoms with E-state index >= 15 is 0 Å². The first-order valence-electron chi connectivity index (χ1n) is 3.32. The molecule has 0 heterocycles. The van der Waals surface area contributed by atoms with Crippen molar-refractivity contribution in [2.75, 3.05) is 20.0 Å². The van der Waals surface area contributed by atoms with Crippen LogP contribution in [0, 0.1) is 39.2 Å². The Morgan fingerprint density at radius 2 is 0.917 bits per heavy atom. The Morgan fingerprint density at radius 1 is 0.833 bits per heavy atom. The fraction of sp³-hybridized carbons (Fsp3) is 0.333. The van der Waals surface area contributed by atoms with Gasteiger partial charge in [-0.05, 0) is 52.1 Å². The minimum atomic E-state index is 0. The molecule has 0 saturated heterocycles. The molecule has 0 aromatic carbocycles. The Bertz CT molecular complexity index is 46.1. The van der Waals surface area contributed by atoms with Crippen molar-refractivity contribution >= 4 is 7.92 Å². The van der Waals surface area contributed by atoms with E-state index in [9.17, 15) is 0 Å². The topological polar surface area (TPSA) is 20.2 Å². The number of rotatable bonds is 0. The molecule has 1 N–H and O–H groups in total. The van der Waals surface area contributed by atoms with E-state index < -0.39 is 0 Å². The first-order chi connectivity index (χ1) is 5.23. The summed E-state index contributed by atoms with van der Waals surface area (Å²) in [6.07, 6.45) is 10.0. The van der Waals surface area contributed by atoms with E-state index in [0.717, 1.165) is 0 Å². The van der Waals surface area contributed by atoms with Gasteiger partial charge in [0.2, 0.25) is 0 Å². The molecule has 0 amide bonds. The van der Waals surface area contributed by atoms with E-state index in [1.165, 1.54) is 0 Å². The van der Waals surface area contributed by atoms with Crippen LogP contribution in [0.3, 0.4) is 0 Å². The van der Waals surface area contributed by atoms with Crippen molar-refractivity contribution in [3.63, 3.8) is 0 Å². The minimum Gasteiger partial charge on any atom is -0.569 e. The van der Waals surface area contributed by atoms with Gasteiger partial charge in [-0.15, -0.1) is 7.92 Å². The predicted octanol–water partition coefficient (Wildman–Crippen LogP) is 2.53. The molecule has 0 aromatic rings. The smallest absolute Gasteiger partial charge is 0.569 e. The van der Waals surface area contributed by atoms with Gasteiger partial charge in [0, 0.05) is 0 Å². The first kappa shape index (κ1) is 18.7. The maximum Gasteiger partial charge on any atom is 2.00 e. The van der Waals surface area contributed by atoms with Gasteiger partial charge >= 0.3 is 19.5 Å². The van der Waals surface area contributed by atoms with Crippen molar-refractivity contribution in [1.29, 1.82) is 0 Å². The van der Waals surface area contributed by atoms with Crippen LogP contribution < -0.4 is 0 Å². The number of aliphatic hydroxyl groups is 1. The van der Waals surface area contributed by atoms with Crippen LogP contribution in [-0.4, -0.2) is 25.1 Å². The summed E-state index contributed by atoms with van der Waals surface area (Å²) in [6.45, 7) is 6.69. The summed E-state index contributed by atoms with van der Waals surface area (Å²) < 4.78 is 0. The van der Waals surface area contributed by atoms with Crippen LogP contribution in [-0.2, 0) is 19.5 Å². The fourth-order valence-electron chi connectivity index (χ4n) is 0.321. The number of hydrogen-bond donors (Lipinski definition) is 1. The second-order valence-corrected chi connectivity index (χ2v) is 4.99. The molecule has 0 aromatic heterocycles. The third-order valence-corrected chi connectivity index (χ3v) is 0.556. The van der Waals surface area contributed by atoms with Gasteiger partial charge in [0.1, 0.15) is 0 Å². The normalized spacial score (nSPS) is 13.5. The Kier molecular flexibility index (Phi) is 28.0. The van der Waals surface area contributed by atoms with Gasteiger partial charge in [-0.1, -0.05) is 0 Å². The molecule has 0 bridgehead atoms. The van der Waals surface area contributed by atoms with Crippen molar-refractivity contribution < 1.29 is 24.6 Å². The van der Waals surface area contributed by atoms with Crippen molar-refractivity contribution in [3.8, 4) is 0 Å². The summed E-state index contributed by atoms with van der Waals surface area (Å²) >= 11 is 0. The molecule has 1 aliphatic rings. The molecular weight excluding hydrogens is 258 g/mol. The average molecular weight is 275 g/mol. The summed E-state index contributed by atoms with van der Waals surface area (Å²) in [5, 5.41) is 6.75. The van der Waals surface area contributed by atoms with Crippen molar-refractivity contribution in [2.24, 2.45) is 0 Å². The zero-order valence-electron chi connectivity index (χ0n) is 7.82. The SMILES string of the molecule is CP(C)C.[CH2-]O.[CH]1[CH][CH][CH][CH]1.[Rh+2]. The van der Waals surface area contributed by atoms with E-state index in [-0.39, 0.29) is 19.5 Å². The maximum atomic E-state index is 6.75. The van der Waals surface area contributed by atoms with Crippen LogP contribution in [0.15, 0.2) is 0 Å². The van der Waals surface area contributed by atoms with Crippen molar-refractivity contribution in [3.05, 3.63) is 39.2 Å². The largest absolute Gasteiger partial charge is 2.00 e. The Labute approximate surface area is 91.8 Å². The first-order valence-corrected chi connectivity index (χ1v) is 6.01. The standard InChI is InChI=1S/C5H5.C3H9P.CH3O.Rh/c1-2-4-5-3-1;1-4(2)3;1-2;/h1-5H;1-3H3;2H,1H2;/q;;-1;+2. The Hall–Kier alpha value is 1.01. The molecular formula is C9H17OPRh+. The van der Waals surface area contributed by atoms with Gasteiger partial charge in [0.25, 0.3) is 0 Å². The molecule has 0 atom stereocenters. The van der Waals surface area contributed by atoms with Crippen LogP contribution in [0.5, 0.6) is 0 Å². The third-order valence-electron chi connectivity index (χ3n) is 0.556. The summed E-state index contributed by atoms with van der Waals surface area (Å²) in [4.78, 5) is 0. The van der Waals surface area contributed by atoms with Gasteiger partial charge in [-0.25, -0.2) is 7.11 Å². The van der Waals surface area contributed by atoms with E-state index in [0.29, 0.717) is 7.92 Å². The van der Waals surface area contributed by atoms with E-state index in [1.54, 1.807) is 0 Å². The summed E-state index contributed by atoms with van der Waals surface area (Å²) in [7, 11) is 2.63. The molecule has 1 saturated carbocycles. The van der Waals surface area contributed by atoms with Gasteiger partial charge < -0.3 is 5.11 Å².